The molecule has 0 aliphatic carbocycles. The predicted molar refractivity (Wildman–Crippen MR) is 61.7 cm³/mol. The maximum atomic E-state index is 7.29. The molecule has 0 radical (unpaired) electrons. The molecule has 4 nitrogen and oxygen atoms in total. The van der Waals surface area contributed by atoms with Gasteiger partial charge in [0.2, 0.25) is 0 Å². The summed E-state index contributed by atoms with van der Waals surface area (Å²) >= 11 is 0. The Morgan fingerprint density at radius 2 is 2.13 bits per heavy atom. The first-order chi connectivity index (χ1) is 7.24. The molecule has 1 aromatic carbocycles. The van der Waals surface area contributed by atoms with Crippen LogP contribution in [-0.2, 0) is 0 Å². The molecule has 0 aliphatic heterocycles. The number of nitrogens with one attached hydrogen (secondary N) is 2. The third-order valence-electron chi connectivity index (χ3n) is 2.26. The maximum Gasteiger partial charge on any atom is 0.0911 e. The van der Waals surface area contributed by atoms with E-state index in [0.717, 1.165) is 28.0 Å². The zero-order valence-electron chi connectivity index (χ0n) is 8.70. The second-order valence-corrected chi connectivity index (χ2v) is 3.33. The molecule has 2 aromatic rings. The predicted octanol–water partition coefficient (Wildman–Crippen LogP) is 1.98. The first-order valence-electron chi connectivity index (χ1n) is 4.70. The van der Waals surface area contributed by atoms with Gasteiger partial charge in [-0.3, -0.25) is 4.98 Å². The van der Waals surface area contributed by atoms with E-state index in [-0.39, 0.29) is 0 Å². The Kier molecular flexibility index (Phi) is 2.33. The van der Waals surface area contributed by atoms with Crippen LogP contribution in [0.15, 0.2) is 18.3 Å². The molecule has 0 unspecified atom stereocenters. The Morgan fingerprint density at radius 1 is 1.33 bits per heavy atom. The highest BCUT2D eigenvalue weighted by Gasteiger charge is 2.03. The van der Waals surface area contributed by atoms with Crippen molar-refractivity contribution in [3.63, 3.8) is 0 Å². The first-order valence-corrected chi connectivity index (χ1v) is 4.70. The quantitative estimate of drug-likeness (QED) is 0.728. The minimum absolute atomic E-state index is 0.818. The Morgan fingerprint density at radius 3 is 2.80 bits per heavy atom. The van der Waals surface area contributed by atoms with Gasteiger partial charge in [0.25, 0.3) is 0 Å². The number of aromatic nitrogens is 2. The van der Waals surface area contributed by atoms with Crippen LogP contribution in [0.4, 0.5) is 5.69 Å². The standard InChI is InChI=1S/C11H12N4/c1-7-6-14-10-3-8(5-12)9(13-2)4-11(10)15-7/h3-6,12-13H,1-2H3. The van der Waals surface area contributed by atoms with Crippen molar-refractivity contribution in [3.8, 4) is 0 Å². The van der Waals surface area contributed by atoms with Gasteiger partial charge in [-0.1, -0.05) is 0 Å². The molecule has 0 bridgehead atoms. The van der Waals surface area contributed by atoms with Gasteiger partial charge < -0.3 is 10.7 Å². The third kappa shape index (κ3) is 1.66. The number of rotatable bonds is 2. The summed E-state index contributed by atoms with van der Waals surface area (Å²) in [5, 5.41) is 10.3. The molecule has 1 heterocycles. The average molecular weight is 200 g/mol. The number of hydrogen-bond donors (Lipinski definition) is 2. The van der Waals surface area contributed by atoms with Crippen LogP contribution in [-0.4, -0.2) is 23.2 Å². The summed E-state index contributed by atoms with van der Waals surface area (Å²) < 4.78 is 0. The second-order valence-electron chi connectivity index (χ2n) is 3.33. The fourth-order valence-corrected chi connectivity index (χ4v) is 1.50. The highest BCUT2D eigenvalue weighted by Crippen LogP contribution is 2.19. The molecule has 0 saturated carbocycles. The van der Waals surface area contributed by atoms with Crippen LogP contribution in [0.3, 0.4) is 0 Å². The molecule has 0 aliphatic rings. The molecule has 0 fully saturated rings. The van der Waals surface area contributed by atoms with Gasteiger partial charge in [-0.25, -0.2) is 4.98 Å². The fourth-order valence-electron chi connectivity index (χ4n) is 1.50. The highest BCUT2D eigenvalue weighted by atomic mass is 14.8. The minimum Gasteiger partial charge on any atom is -0.388 e. The van der Waals surface area contributed by atoms with Crippen LogP contribution in [0.1, 0.15) is 11.3 Å². The number of nitrogens with zero attached hydrogens (tertiary/aromatic N) is 2. The lowest BCUT2D eigenvalue weighted by Crippen LogP contribution is -1.96. The van der Waals surface area contributed by atoms with Crippen molar-refractivity contribution in [1.82, 2.24) is 9.97 Å². The normalized spacial score (nSPS) is 10.3. The van der Waals surface area contributed by atoms with Crippen LogP contribution in [0.5, 0.6) is 0 Å². The van der Waals surface area contributed by atoms with Crippen LogP contribution in [0.25, 0.3) is 11.0 Å². The van der Waals surface area contributed by atoms with Crippen molar-refractivity contribution in [2.45, 2.75) is 6.92 Å². The van der Waals surface area contributed by atoms with Gasteiger partial charge in [0.1, 0.15) is 0 Å². The summed E-state index contributed by atoms with van der Waals surface area (Å²) in [6.07, 6.45) is 3.04. The first kappa shape index (κ1) is 9.58. The largest absolute Gasteiger partial charge is 0.388 e. The van der Waals surface area contributed by atoms with Crippen LogP contribution in [0.2, 0.25) is 0 Å². The van der Waals surface area contributed by atoms with E-state index in [4.69, 9.17) is 5.41 Å². The van der Waals surface area contributed by atoms with Gasteiger partial charge in [-0.2, -0.15) is 0 Å². The van der Waals surface area contributed by atoms with Crippen molar-refractivity contribution in [2.75, 3.05) is 12.4 Å². The molecule has 0 amide bonds. The van der Waals surface area contributed by atoms with E-state index in [2.05, 4.69) is 15.3 Å². The maximum absolute atomic E-state index is 7.29. The molecule has 2 N–H and O–H groups in total. The summed E-state index contributed by atoms with van der Waals surface area (Å²) in [6, 6.07) is 3.77. The van der Waals surface area contributed by atoms with Crippen LogP contribution in [0, 0.1) is 12.3 Å². The van der Waals surface area contributed by atoms with Gasteiger partial charge in [-0.05, 0) is 19.1 Å². The van der Waals surface area contributed by atoms with Crippen LogP contribution >= 0.6 is 0 Å². The lowest BCUT2D eigenvalue weighted by molar-refractivity contribution is 1.18. The Bertz CT molecular complexity index is 519. The monoisotopic (exact) mass is 200 g/mol. The van der Waals surface area contributed by atoms with Crippen molar-refractivity contribution in [1.29, 1.82) is 5.41 Å². The van der Waals surface area contributed by atoms with E-state index in [0.29, 0.717) is 0 Å². The minimum atomic E-state index is 0.818. The summed E-state index contributed by atoms with van der Waals surface area (Å²) in [4.78, 5) is 8.65. The fraction of sp³-hybridized carbons (Fsp3) is 0.182. The number of benzene rings is 1. The molecular weight excluding hydrogens is 188 g/mol. The smallest absolute Gasteiger partial charge is 0.0911 e. The Hall–Kier alpha value is -1.97. The molecule has 15 heavy (non-hydrogen) atoms. The third-order valence-corrected chi connectivity index (χ3v) is 2.26. The number of anilines is 1. The number of hydrogen-bond acceptors (Lipinski definition) is 4. The number of aryl methyl sites for hydroxylation is 1. The summed E-state index contributed by atoms with van der Waals surface area (Å²) in [5.41, 5.74) is 4.29. The van der Waals surface area contributed by atoms with E-state index in [1.807, 2.05) is 26.1 Å². The van der Waals surface area contributed by atoms with Crippen molar-refractivity contribution in [3.05, 3.63) is 29.6 Å². The topological polar surface area (TPSA) is 61.7 Å². The second kappa shape index (κ2) is 3.65. The molecule has 2 rings (SSSR count). The average Bonchev–Trinajstić information content (AvgIpc) is 2.27. The van der Waals surface area contributed by atoms with Gasteiger partial charge in [0.15, 0.2) is 0 Å². The van der Waals surface area contributed by atoms with E-state index >= 15 is 0 Å². The number of fused-ring (bicyclic) bond motifs is 1. The molecule has 0 saturated heterocycles. The molecule has 76 valence electrons. The van der Waals surface area contributed by atoms with E-state index < -0.39 is 0 Å². The highest BCUT2D eigenvalue weighted by molar-refractivity contribution is 5.93. The van der Waals surface area contributed by atoms with Crippen molar-refractivity contribution in [2.24, 2.45) is 0 Å². The van der Waals surface area contributed by atoms with E-state index in [1.54, 1.807) is 6.20 Å². The van der Waals surface area contributed by atoms with Crippen molar-refractivity contribution >= 4 is 22.9 Å². The van der Waals surface area contributed by atoms with Gasteiger partial charge in [0, 0.05) is 30.7 Å². The SMILES string of the molecule is CNc1cc2nc(C)cnc2cc1C=N. The van der Waals surface area contributed by atoms with Gasteiger partial charge in [-0.15, -0.1) is 0 Å². The molecule has 1 aromatic heterocycles. The van der Waals surface area contributed by atoms with E-state index in [9.17, 15) is 0 Å². The molecular formula is C11H12N4. The zero-order chi connectivity index (χ0) is 10.8. The Labute approximate surface area is 87.9 Å². The van der Waals surface area contributed by atoms with E-state index in [1.165, 1.54) is 6.21 Å². The van der Waals surface area contributed by atoms with Crippen LogP contribution < -0.4 is 5.32 Å². The van der Waals surface area contributed by atoms with Gasteiger partial charge >= 0.3 is 0 Å². The lowest BCUT2D eigenvalue weighted by Gasteiger charge is -2.06. The molecule has 0 atom stereocenters. The summed E-state index contributed by atoms with van der Waals surface area (Å²) in [6.45, 7) is 1.91. The van der Waals surface area contributed by atoms with Gasteiger partial charge in [0.05, 0.1) is 16.7 Å². The zero-order valence-corrected chi connectivity index (χ0v) is 8.70. The molecule has 0 spiro atoms. The summed E-state index contributed by atoms with van der Waals surface area (Å²) in [7, 11) is 1.83. The van der Waals surface area contributed by atoms with Crippen molar-refractivity contribution < 1.29 is 0 Å². The molecule has 4 heteroatoms. The lowest BCUT2D eigenvalue weighted by atomic mass is 10.1. The summed E-state index contributed by atoms with van der Waals surface area (Å²) in [5.74, 6) is 0. The Balaban J connectivity index is 2.75.